The van der Waals surface area contributed by atoms with Crippen LogP contribution in [0, 0.1) is 11.6 Å². The summed E-state index contributed by atoms with van der Waals surface area (Å²) >= 11 is 0. The molecule has 2 N–H and O–H groups in total. The van der Waals surface area contributed by atoms with Crippen molar-refractivity contribution in [2.75, 3.05) is 26.2 Å². The molecule has 2 aromatic rings. The number of rotatable bonds is 3. The van der Waals surface area contributed by atoms with Gasteiger partial charge in [0.05, 0.1) is 5.56 Å². The molecule has 154 valence electrons. The number of nitrogens with zero attached hydrogens (tertiary/aromatic N) is 2. The summed E-state index contributed by atoms with van der Waals surface area (Å²) in [5, 5.41) is 14.8. The van der Waals surface area contributed by atoms with Crippen molar-refractivity contribution in [1.82, 2.24) is 9.80 Å². The summed E-state index contributed by atoms with van der Waals surface area (Å²) in [5.74, 6) is -4.64. The zero-order valence-electron chi connectivity index (χ0n) is 15.4. The van der Waals surface area contributed by atoms with Crippen LogP contribution in [-0.2, 0) is 16.1 Å². The zero-order valence-corrected chi connectivity index (χ0v) is 15.4. The Balaban J connectivity index is 0.000000438. The van der Waals surface area contributed by atoms with Crippen LogP contribution in [0.15, 0.2) is 48.5 Å². The Kier molecular flexibility index (Phi) is 7.79. The van der Waals surface area contributed by atoms with E-state index < -0.39 is 17.8 Å². The van der Waals surface area contributed by atoms with Crippen molar-refractivity contribution in [3.8, 4) is 0 Å². The third-order valence-corrected chi connectivity index (χ3v) is 4.30. The van der Waals surface area contributed by atoms with Crippen molar-refractivity contribution >= 4 is 17.8 Å². The number of carboxylic acids is 2. The average molecular weight is 406 g/mol. The molecule has 1 fully saturated rings. The van der Waals surface area contributed by atoms with E-state index in [1.54, 1.807) is 29.2 Å². The van der Waals surface area contributed by atoms with Crippen molar-refractivity contribution < 1.29 is 33.4 Å². The third kappa shape index (κ3) is 6.35. The Morgan fingerprint density at radius 3 is 1.83 bits per heavy atom. The Labute approximate surface area is 165 Å². The number of hydrogen-bond acceptors (Lipinski definition) is 4. The Morgan fingerprint density at radius 1 is 0.793 bits per heavy atom. The first kappa shape index (κ1) is 22.0. The second kappa shape index (κ2) is 10.3. The number of benzene rings is 2. The first-order valence-electron chi connectivity index (χ1n) is 8.75. The minimum absolute atomic E-state index is 0.107. The number of hydrogen-bond donors (Lipinski definition) is 2. The van der Waals surface area contributed by atoms with E-state index in [0.717, 1.165) is 0 Å². The third-order valence-electron chi connectivity index (χ3n) is 4.30. The summed E-state index contributed by atoms with van der Waals surface area (Å²) in [6.45, 7) is 2.85. The van der Waals surface area contributed by atoms with Gasteiger partial charge in [0.25, 0.3) is 5.91 Å². The smallest absolute Gasteiger partial charge is 0.414 e. The van der Waals surface area contributed by atoms with Gasteiger partial charge in [-0.25, -0.2) is 18.4 Å². The highest BCUT2D eigenvalue weighted by Crippen LogP contribution is 2.15. The molecule has 0 saturated carbocycles. The molecule has 0 radical (unpaired) electrons. The maximum Gasteiger partial charge on any atom is 0.414 e. The summed E-state index contributed by atoms with van der Waals surface area (Å²) in [6, 6.07) is 12.7. The monoisotopic (exact) mass is 406 g/mol. The van der Waals surface area contributed by atoms with Crippen LogP contribution in [-0.4, -0.2) is 64.0 Å². The van der Waals surface area contributed by atoms with E-state index in [0.29, 0.717) is 38.3 Å². The summed E-state index contributed by atoms with van der Waals surface area (Å²) in [4.78, 5) is 34.3. The fourth-order valence-electron chi connectivity index (χ4n) is 2.78. The molecule has 1 heterocycles. The van der Waals surface area contributed by atoms with E-state index in [1.807, 2.05) is 6.07 Å². The summed E-state index contributed by atoms with van der Waals surface area (Å²) in [6.07, 6.45) is 0. The number of aliphatic carboxylic acids is 2. The van der Waals surface area contributed by atoms with Crippen LogP contribution < -0.4 is 0 Å². The summed E-state index contributed by atoms with van der Waals surface area (Å²) in [7, 11) is 0. The van der Waals surface area contributed by atoms with Gasteiger partial charge >= 0.3 is 11.9 Å². The Bertz CT molecular complexity index is 871. The molecule has 1 amide bonds. The molecule has 2 aromatic carbocycles. The highest BCUT2D eigenvalue weighted by atomic mass is 19.1. The van der Waals surface area contributed by atoms with Gasteiger partial charge in [0, 0.05) is 38.3 Å². The second-order valence-electron chi connectivity index (χ2n) is 6.25. The molecule has 0 unspecified atom stereocenters. The molecule has 0 aromatic heterocycles. The largest absolute Gasteiger partial charge is 0.473 e. The van der Waals surface area contributed by atoms with Gasteiger partial charge in [-0.1, -0.05) is 30.3 Å². The fraction of sp³-hybridized carbons (Fsp3) is 0.250. The number of carboxylic acid groups (broad SMARTS) is 2. The van der Waals surface area contributed by atoms with E-state index in [1.165, 1.54) is 18.2 Å². The van der Waals surface area contributed by atoms with Crippen molar-refractivity contribution in [2.24, 2.45) is 0 Å². The van der Waals surface area contributed by atoms with E-state index >= 15 is 0 Å². The molecular weight excluding hydrogens is 386 g/mol. The normalized spacial score (nSPS) is 13.9. The molecule has 29 heavy (non-hydrogen) atoms. The van der Waals surface area contributed by atoms with Crippen LogP contribution in [0.5, 0.6) is 0 Å². The molecule has 1 aliphatic heterocycles. The van der Waals surface area contributed by atoms with Crippen LogP contribution in [0.25, 0.3) is 0 Å². The summed E-state index contributed by atoms with van der Waals surface area (Å²) < 4.78 is 27.4. The number of carbonyl (C=O) groups is 3. The molecule has 0 spiro atoms. The van der Waals surface area contributed by atoms with Crippen LogP contribution in [0.3, 0.4) is 0 Å². The quantitative estimate of drug-likeness (QED) is 0.758. The molecule has 3 rings (SSSR count). The Morgan fingerprint density at radius 2 is 1.31 bits per heavy atom. The minimum atomic E-state index is -1.82. The van der Waals surface area contributed by atoms with Crippen molar-refractivity contribution in [1.29, 1.82) is 0 Å². The van der Waals surface area contributed by atoms with E-state index in [9.17, 15) is 13.6 Å². The van der Waals surface area contributed by atoms with Crippen molar-refractivity contribution in [3.05, 3.63) is 71.3 Å². The molecular formula is C20H20F2N2O5. The Hall–Kier alpha value is -3.33. The molecule has 9 heteroatoms. The van der Waals surface area contributed by atoms with E-state index in [2.05, 4.69) is 4.90 Å². The topological polar surface area (TPSA) is 98.1 Å². The van der Waals surface area contributed by atoms with Gasteiger partial charge in [-0.3, -0.25) is 9.69 Å². The lowest BCUT2D eigenvalue weighted by molar-refractivity contribution is -0.159. The lowest BCUT2D eigenvalue weighted by atomic mass is 10.1. The summed E-state index contributed by atoms with van der Waals surface area (Å²) in [5.41, 5.74) is 0.761. The van der Waals surface area contributed by atoms with Crippen LogP contribution in [0.4, 0.5) is 8.78 Å². The van der Waals surface area contributed by atoms with Gasteiger partial charge in [-0.15, -0.1) is 0 Å². The number of piperazine rings is 1. The fourth-order valence-corrected chi connectivity index (χ4v) is 2.78. The maximum atomic E-state index is 13.7. The lowest BCUT2D eigenvalue weighted by Crippen LogP contribution is -2.48. The molecule has 0 bridgehead atoms. The minimum Gasteiger partial charge on any atom is -0.473 e. The highest BCUT2D eigenvalue weighted by Gasteiger charge is 2.24. The first-order valence-corrected chi connectivity index (χ1v) is 8.75. The van der Waals surface area contributed by atoms with Crippen LogP contribution in [0.2, 0.25) is 0 Å². The standard InChI is InChI=1S/C18H18F2N2O.C2H2O4/c19-16-7-3-1-5-14(16)13-21-9-11-22(12-10-21)18(23)15-6-2-4-8-17(15)20;3-1(4)2(5)6/h1-8H,9-13H2;(H,3,4)(H,5,6). The predicted molar refractivity (Wildman–Crippen MR) is 99.3 cm³/mol. The van der Waals surface area contributed by atoms with Gasteiger partial charge in [0.1, 0.15) is 11.6 Å². The number of amides is 1. The molecule has 1 saturated heterocycles. The number of carbonyl (C=O) groups excluding carboxylic acids is 1. The van der Waals surface area contributed by atoms with Crippen molar-refractivity contribution in [2.45, 2.75) is 6.54 Å². The van der Waals surface area contributed by atoms with Gasteiger partial charge < -0.3 is 15.1 Å². The van der Waals surface area contributed by atoms with Crippen molar-refractivity contribution in [3.63, 3.8) is 0 Å². The van der Waals surface area contributed by atoms with Gasteiger partial charge in [-0.05, 0) is 18.2 Å². The van der Waals surface area contributed by atoms with Crippen LogP contribution in [0.1, 0.15) is 15.9 Å². The van der Waals surface area contributed by atoms with Gasteiger partial charge in [0.2, 0.25) is 0 Å². The zero-order chi connectivity index (χ0) is 21.4. The lowest BCUT2D eigenvalue weighted by Gasteiger charge is -2.34. The van der Waals surface area contributed by atoms with Crippen LogP contribution >= 0.6 is 0 Å². The first-order chi connectivity index (χ1) is 13.8. The molecule has 1 aliphatic rings. The average Bonchev–Trinajstić information content (AvgIpc) is 2.70. The SMILES string of the molecule is O=C(O)C(=O)O.O=C(c1ccccc1F)N1CCN(Cc2ccccc2F)CC1. The van der Waals surface area contributed by atoms with E-state index in [4.69, 9.17) is 19.8 Å². The molecule has 7 nitrogen and oxygen atoms in total. The van der Waals surface area contributed by atoms with E-state index in [-0.39, 0.29) is 17.3 Å². The second-order valence-corrected chi connectivity index (χ2v) is 6.25. The highest BCUT2D eigenvalue weighted by molar-refractivity contribution is 6.27. The van der Waals surface area contributed by atoms with Gasteiger partial charge in [0.15, 0.2) is 0 Å². The molecule has 0 aliphatic carbocycles. The number of halogens is 2. The van der Waals surface area contributed by atoms with Gasteiger partial charge in [-0.2, -0.15) is 0 Å². The molecule has 0 atom stereocenters. The maximum absolute atomic E-state index is 13.7. The predicted octanol–water partition coefficient (Wildman–Crippen LogP) is 2.08.